The van der Waals surface area contributed by atoms with E-state index in [1.807, 2.05) is 6.07 Å². The highest BCUT2D eigenvalue weighted by Gasteiger charge is 2.26. The van der Waals surface area contributed by atoms with Crippen LogP contribution in [0.4, 0.5) is 11.6 Å². The first-order valence-corrected chi connectivity index (χ1v) is 8.07. The lowest BCUT2D eigenvalue weighted by Crippen LogP contribution is -2.00. The molecule has 3 heterocycles. The average Bonchev–Trinajstić information content (AvgIpc) is 3.36. The quantitative estimate of drug-likeness (QED) is 0.385. The van der Waals surface area contributed by atoms with E-state index in [0.717, 1.165) is 11.8 Å². The number of hydrogen-bond acceptors (Lipinski definition) is 8. The van der Waals surface area contributed by atoms with Crippen LogP contribution in [-0.4, -0.2) is 37.3 Å². The maximum atomic E-state index is 11.0. The predicted octanol–water partition coefficient (Wildman–Crippen LogP) is 2.08. The molecule has 0 fully saturated rings. The molecule has 11 nitrogen and oxygen atoms in total. The first-order valence-electron chi connectivity index (χ1n) is 8.07. The largest absolute Gasteiger partial charge is 0.454 e. The molecule has 1 aliphatic rings. The van der Waals surface area contributed by atoms with Crippen LogP contribution in [0.2, 0.25) is 0 Å². The molecule has 4 rings (SSSR count). The third-order valence-corrected chi connectivity index (χ3v) is 4.22. The van der Waals surface area contributed by atoms with Gasteiger partial charge in [-0.1, -0.05) is 0 Å². The van der Waals surface area contributed by atoms with Crippen LogP contribution in [-0.2, 0) is 14.1 Å². The van der Waals surface area contributed by atoms with E-state index >= 15 is 0 Å². The molecule has 1 aromatic carbocycles. The average molecular weight is 379 g/mol. The molecule has 2 aromatic heterocycles. The molecular weight excluding hydrogens is 366 g/mol. The molecule has 140 valence electrons. The molecule has 0 aliphatic carbocycles. The number of ether oxygens (including phenoxy) is 2. The van der Waals surface area contributed by atoms with Crippen molar-refractivity contribution in [3.63, 3.8) is 0 Å². The molecule has 0 spiro atoms. The van der Waals surface area contributed by atoms with Crippen molar-refractivity contribution in [3.8, 4) is 29.1 Å². The number of aromatic nitrogens is 4. The maximum Gasteiger partial charge on any atom is 0.342 e. The Morgan fingerprint density at radius 1 is 1.36 bits per heavy atom. The van der Waals surface area contributed by atoms with Gasteiger partial charge in [0.1, 0.15) is 17.8 Å². The lowest BCUT2D eigenvalue weighted by molar-refractivity contribution is -0.391. The summed E-state index contributed by atoms with van der Waals surface area (Å²) in [6, 6.07) is 7.42. The number of rotatable bonds is 4. The van der Waals surface area contributed by atoms with Crippen molar-refractivity contribution in [2.24, 2.45) is 19.1 Å². The topological polar surface area (TPSA) is 133 Å². The summed E-state index contributed by atoms with van der Waals surface area (Å²) in [6.07, 6.45) is 2.70. The molecule has 0 radical (unpaired) electrons. The third kappa shape index (κ3) is 2.73. The minimum Gasteiger partial charge on any atom is -0.454 e. The fourth-order valence-electron chi connectivity index (χ4n) is 2.84. The Hall–Kier alpha value is -4.20. The van der Waals surface area contributed by atoms with Crippen molar-refractivity contribution in [1.82, 2.24) is 19.3 Å². The Kier molecular flexibility index (Phi) is 4.00. The zero-order chi connectivity index (χ0) is 19.8. The first-order chi connectivity index (χ1) is 13.5. The smallest absolute Gasteiger partial charge is 0.342 e. The Morgan fingerprint density at radius 3 is 2.86 bits per heavy atom. The van der Waals surface area contributed by atoms with Crippen LogP contribution >= 0.6 is 0 Å². The first kappa shape index (κ1) is 17.2. The molecule has 0 bridgehead atoms. The zero-order valence-corrected chi connectivity index (χ0v) is 14.9. The number of hydrogen-bond donors (Lipinski definition) is 0. The molecule has 0 saturated heterocycles. The molecule has 0 atom stereocenters. The van der Waals surface area contributed by atoms with Gasteiger partial charge < -0.3 is 19.6 Å². The van der Waals surface area contributed by atoms with E-state index in [0.29, 0.717) is 17.3 Å². The standard InChI is InChI=1S/C17H13N7O4/c1-22-14(24(25)26)8-20-17(22)15-11(6-18)16(23(2)21-15)19-7-10-3-4-12-13(5-10)28-9-27-12/h3-5,7-8H,9H2,1-2H3. The zero-order valence-electron chi connectivity index (χ0n) is 14.9. The van der Waals surface area contributed by atoms with Gasteiger partial charge in [-0.25, -0.2) is 19.2 Å². The van der Waals surface area contributed by atoms with Crippen molar-refractivity contribution < 1.29 is 14.4 Å². The third-order valence-electron chi connectivity index (χ3n) is 4.22. The summed E-state index contributed by atoms with van der Waals surface area (Å²) in [7, 11) is 3.12. The highest BCUT2D eigenvalue weighted by atomic mass is 16.7. The van der Waals surface area contributed by atoms with Gasteiger partial charge in [0, 0.05) is 13.3 Å². The van der Waals surface area contributed by atoms with Crippen molar-refractivity contribution in [2.75, 3.05) is 6.79 Å². The summed E-state index contributed by atoms with van der Waals surface area (Å²) in [5, 5.41) is 24.9. The molecule has 0 saturated carbocycles. The Labute approximate surface area is 158 Å². The lowest BCUT2D eigenvalue weighted by Gasteiger charge is -1.98. The van der Waals surface area contributed by atoms with E-state index in [4.69, 9.17) is 9.47 Å². The second kappa shape index (κ2) is 6.51. The summed E-state index contributed by atoms with van der Waals surface area (Å²) in [5.74, 6) is 1.60. The molecule has 0 amide bonds. The van der Waals surface area contributed by atoms with Gasteiger partial charge in [-0.05, 0) is 28.7 Å². The number of nitriles is 1. The SMILES string of the molecule is Cn1nc(-c2ncc([N+](=O)[O-])n2C)c(C#N)c1N=Cc1ccc2c(c1)OCO2. The lowest BCUT2D eigenvalue weighted by atomic mass is 10.2. The number of fused-ring (bicyclic) bond motifs is 1. The van der Waals surface area contributed by atoms with E-state index in [2.05, 4.69) is 21.1 Å². The van der Waals surface area contributed by atoms with Crippen molar-refractivity contribution in [1.29, 1.82) is 5.26 Å². The van der Waals surface area contributed by atoms with Crippen LogP contribution in [0.15, 0.2) is 29.4 Å². The Morgan fingerprint density at radius 2 is 2.14 bits per heavy atom. The van der Waals surface area contributed by atoms with Gasteiger partial charge >= 0.3 is 5.82 Å². The van der Waals surface area contributed by atoms with Crippen LogP contribution in [0.5, 0.6) is 11.5 Å². The van der Waals surface area contributed by atoms with Crippen LogP contribution in [0.25, 0.3) is 11.5 Å². The summed E-state index contributed by atoms with van der Waals surface area (Å²) in [5.41, 5.74) is 1.14. The van der Waals surface area contributed by atoms with E-state index in [1.54, 1.807) is 25.4 Å². The van der Waals surface area contributed by atoms with Crippen molar-refractivity contribution in [2.45, 2.75) is 0 Å². The fraction of sp³-hybridized carbons (Fsp3) is 0.176. The van der Waals surface area contributed by atoms with Crippen LogP contribution in [0.1, 0.15) is 11.1 Å². The molecular formula is C17H13N7O4. The van der Waals surface area contributed by atoms with Crippen molar-refractivity contribution >= 4 is 17.9 Å². The molecule has 1 aliphatic heterocycles. The molecule has 0 N–H and O–H groups in total. The van der Waals surface area contributed by atoms with Gasteiger partial charge in [0.15, 0.2) is 23.0 Å². The maximum absolute atomic E-state index is 11.0. The van der Waals surface area contributed by atoms with Gasteiger partial charge in [-0.2, -0.15) is 10.4 Å². The normalized spacial score (nSPS) is 12.5. The van der Waals surface area contributed by atoms with Gasteiger partial charge in [-0.3, -0.25) is 0 Å². The second-order valence-electron chi connectivity index (χ2n) is 5.91. The van der Waals surface area contributed by atoms with E-state index in [1.165, 1.54) is 16.3 Å². The predicted molar refractivity (Wildman–Crippen MR) is 96.6 cm³/mol. The van der Waals surface area contributed by atoms with E-state index in [9.17, 15) is 15.4 Å². The van der Waals surface area contributed by atoms with Crippen LogP contribution < -0.4 is 9.47 Å². The number of aryl methyl sites for hydroxylation is 1. The molecule has 0 unspecified atom stereocenters. The Balaban J connectivity index is 1.73. The summed E-state index contributed by atoms with van der Waals surface area (Å²) in [4.78, 5) is 18.9. The summed E-state index contributed by atoms with van der Waals surface area (Å²) < 4.78 is 13.3. The van der Waals surface area contributed by atoms with E-state index in [-0.39, 0.29) is 29.7 Å². The molecule has 11 heteroatoms. The molecule has 3 aromatic rings. The van der Waals surface area contributed by atoms with Crippen molar-refractivity contribution in [3.05, 3.63) is 45.6 Å². The fourth-order valence-corrected chi connectivity index (χ4v) is 2.84. The minimum absolute atomic E-state index is 0.170. The van der Waals surface area contributed by atoms with Crippen LogP contribution in [0.3, 0.4) is 0 Å². The summed E-state index contributed by atoms with van der Waals surface area (Å²) in [6.45, 7) is 0.176. The number of imidazole rings is 1. The highest BCUT2D eigenvalue weighted by Crippen LogP contribution is 2.33. The molecule has 28 heavy (non-hydrogen) atoms. The minimum atomic E-state index is -0.551. The van der Waals surface area contributed by atoms with Gasteiger partial charge in [0.2, 0.25) is 6.79 Å². The number of nitro groups is 1. The van der Waals surface area contributed by atoms with Gasteiger partial charge in [-0.15, -0.1) is 0 Å². The monoisotopic (exact) mass is 379 g/mol. The summed E-state index contributed by atoms with van der Waals surface area (Å²) >= 11 is 0. The number of aliphatic imine (C=N–C) groups is 1. The number of benzene rings is 1. The highest BCUT2D eigenvalue weighted by molar-refractivity contribution is 5.84. The van der Waals surface area contributed by atoms with E-state index < -0.39 is 4.92 Å². The number of nitrogens with zero attached hydrogens (tertiary/aromatic N) is 7. The Bertz CT molecular complexity index is 1170. The van der Waals surface area contributed by atoms with Gasteiger partial charge in [0.05, 0.1) is 7.05 Å². The van der Waals surface area contributed by atoms with Crippen LogP contribution in [0, 0.1) is 21.4 Å². The van der Waals surface area contributed by atoms with Gasteiger partial charge in [0.25, 0.3) is 5.82 Å². The second-order valence-corrected chi connectivity index (χ2v) is 5.91.